The smallest absolute Gasteiger partial charge is 0.193 e. The van der Waals surface area contributed by atoms with Crippen LogP contribution in [0.25, 0.3) is 0 Å². The van der Waals surface area contributed by atoms with Gasteiger partial charge in [0.15, 0.2) is 17.5 Å². The van der Waals surface area contributed by atoms with E-state index < -0.39 is 0 Å². The molecule has 0 saturated heterocycles. The Balaban J connectivity index is 1.65. The van der Waals surface area contributed by atoms with Crippen LogP contribution in [0.15, 0.2) is 23.2 Å². The molecule has 0 spiro atoms. The van der Waals surface area contributed by atoms with Gasteiger partial charge >= 0.3 is 0 Å². The summed E-state index contributed by atoms with van der Waals surface area (Å²) in [6.45, 7) is 4.44. The molecule has 1 aromatic rings. The van der Waals surface area contributed by atoms with Crippen LogP contribution in [-0.2, 0) is 6.54 Å². The third kappa shape index (κ3) is 3.82. The first-order valence-corrected chi connectivity index (χ1v) is 8.90. The standard InChI is InChI=1S/C19H28FN3O/c1-4-21-18(22-13-19(9-10-19)15-6-7-15)23(2)12-14-5-8-17(24-3)16(20)11-14/h5,8,11,15H,4,6-7,9-10,12-13H2,1-3H3,(H,21,22). The third-order valence-corrected chi connectivity index (χ3v) is 5.21. The number of nitrogens with one attached hydrogen (secondary N) is 1. The van der Waals surface area contributed by atoms with Gasteiger partial charge < -0.3 is 15.0 Å². The molecule has 1 aromatic carbocycles. The van der Waals surface area contributed by atoms with E-state index in [1.807, 2.05) is 13.1 Å². The van der Waals surface area contributed by atoms with E-state index in [2.05, 4.69) is 17.1 Å². The molecule has 0 heterocycles. The van der Waals surface area contributed by atoms with Gasteiger partial charge in [-0.05, 0) is 61.6 Å². The normalized spacial score (nSPS) is 19.1. The van der Waals surface area contributed by atoms with Crippen LogP contribution in [0.4, 0.5) is 4.39 Å². The lowest BCUT2D eigenvalue weighted by Gasteiger charge is -2.23. The second-order valence-electron chi connectivity index (χ2n) is 7.13. The van der Waals surface area contributed by atoms with Crippen LogP contribution in [-0.4, -0.2) is 38.1 Å². The van der Waals surface area contributed by atoms with Crippen LogP contribution in [0.1, 0.15) is 38.2 Å². The number of aliphatic imine (C=N–C) groups is 1. The van der Waals surface area contributed by atoms with Gasteiger partial charge in [-0.1, -0.05) is 6.07 Å². The molecule has 1 N–H and O–H groups in total. The Hall–Kier alpha value is -1.78. The molecule has 24 heavy (non-hydrogen) atoms. The number of guanidine groups is 1. The van der Waals surface area contributed by atoms with Gasteiger partial charge in [0.2, 0.25) is 0 Å². The van der Waals surface area contributed by atoms with Crippen molar-refractivity contribution in [2.75, 3.05) is 27.2 Å². The first-order valence-electron chi connectivity index (χ1n) is 8.90. The second kappa shape index (κ2) is 6.99. The maximum atomic E-state index is 13.9. The van der Waals surface area contributed by atoms with Gasteiger partial charge in [0.25, 0.3) is 0 Å². The van der Waals surface area contributed by atoms with Gasteiger partial charge in [-0.2, -0.15) is 0 Å². The molecule has 2 fully saturated rings. The zero-order valence-electron chi connectivity index (χ0n) is 14.9. The van der Waals surface area contributed by atoms with Crippen LogP contribution in [0.3, 0.4) is 0 Å². The zero-order chi connectivity index (χ0) is 17.2. The molecule has 0 amide bonds. The highest BCUT2D eigenvalue weighted by Gasteiger charge is 2.53. The van der Waals surface area contributed by atoms with Crippen molar-refractivity contribution in [1.29, 1.82) is 0 Å². The Morgan fingerprint density at radius 3 is 2.71 bits per heavy atom. The van der Waals surface area contributed by atoms with Crippen molar-refractivity contribution in [2.24, 2.45) is 16.3 Å². The van der Waals surface area contributed by atoms with Crippen molar-refractivity contribution in [2.45, 2.75) is 39.2 Å². The SMILES string of the molecule is CCNC(=NCC1(C2CC2)CC1)N(C)Cc1ccc(OC)c(F)c1. The average molecular weight is 333 g/mol. The summed E-state index contributed by atoms with van der Waals surface area (Å²) >= 11 is 0. The number of benzene rings is 1. The van der Waals surface area contributed by atoms with Gasteiger partial charge in [-0.3, -0.25) is 4.99 Å². The summed E-state index contributed by atoms with van der Waals surface area (Å²) in [4.78, 5) is 6.94. The Morgan fingerprint density at radius 2 is 2.17 bits per heavy atom. The number of ether oxygens (including phenoxy) is 1. The molecule has 4 nitrogen and oxygen atoms in total. The van der Waals surface area contributed by atoms with E-state index in [4.69, 9.17) is 9.73 Å². The summed E-state index contributed by atoms with van der Waals surface area (Å²) in [6, 6.07) is 5.11. The Kier molecular flexibility index (Phi) is 4.97. The molecule has 0 aromatic heterocycles. The predicted molar refractivity (Wildman–Crippen MR) is 94.8 cm³/mol. The van der Waals surface area contributed by atoms with Gasteiger partial charge in [0, 0.05) is 26.7 Å². The van der Waals surface area contributed by atoms with Crippen molar-refractivity contribution in [3.63, 3.8) is 0 Å². The Labute approximate surface area is 144 Å². The van der Waals surface area contributed by atoms with Crippen molar-refractivity contribution in [3.05, 3.63) is 29.6 Å². The maximum absolute atomic E-state index is 13.9. The van der Waals surface area contributed by atoms with Gasteiger partial charge in [0.1, 0.15) is 0 Å². The van der Waals surface area contributed by atoms with Gasteiger partial charge in [-0.25, -0.2) is 4.39 Å². The number of hydrogen-bond donors (Lipinski definition) is 1. The number of halogens is 1. The van der Waals surface area contributed by atoms with E-state index in [1.165, 1.54) is 38.9 Å². The second-order valence-corrected chi connectivity index (χ2v) is 7.13. The molecule has 2 aliphatic carbocycles. The maximum Gasteiger partial charge on any atom is 0.193 e. The summed E-state index contributed by atoms with van der Waals surface area (Å²) in [5, 5.41) is 3.36. The van der Waals surface area contributed by atoms with Crippen molar-refractivity contribution in [3.8, 4) is 5.75 Å². The van der Waals surface area contributed by atoms with Gasteiger partial charge in [-0.15, -0.1) is 0 Å². The highest BCUT2D eigenvalue weighted by molar-refractivity contribution is 5.79. The molecule has 3 rings (SSSR count). The molecule has 0 radical (unpaired) electrons. The van der Waals surface area contributed by atoms with E-state index in [1.54, 1.807) is 6.07 Å². The molecular weight excluding hydrogens is 305 g/mol. The summed E-state index contributed by atoms with van der Waals surface area (Å²) < 4.78 is 18.8. The lowest BCUT2D eigenvalue weighted by Crippen LogP contribution is -2.39. The van der Waals surface area contributed by atoms with Crippen molar-refractivity contribution >= 4 is 5.96 Å². The summed E-state index contributed by atoms with van der Waals surface area (Å²) in [5.74, 6) is 1.77. The molecule has 2 aliphatic rings. The minimum atomic E-state index is -0.323. The fourth-order valence-electron chi connectivity index (χ4n) is 3.41. The molecule has 0 atom stereocenters. The minimum absolute atomic E-state index is 0.280. The first kappa shape index (κ1) is 17.1. The van der Waals surface area contributed by atoms with Crippen molar-refractivity contribution < 1.29 is 9.13 Å². The molecular formula is C19H28FN3O. The fraction of sp³-hybridized carbons (Fsp3) is 0.632. The van der Waals surface area contributed by atoms with E-state index >= 15 is 0 Å². The Morgan fingerprint density at radius 1 is 1.42 bits per heavy atom. The summed E-state index contributed by atoms with van der Waals surface area (Å²) in [6.07, 6.45) is 5.42. The van der Waals surface area contributed by atoms with E-state index in [-0.39, 0.29) is 11.6 Å². The van der Waals surface area contributed by atoms with Gasteiger partial charge in [0.05, 0.1) is 7.11 Å². The third-order valence-electron chi connectivity index (χ3n) is 5.21. The van der Waals surface area contributed by atoms with Crippen molar-refractivity contribution in [1.82, 2.24) is 10.2 Å². The molecule has 5 heteroatoms. The highest BCUT2D eigenvalue weighted by atomic mass is 19.1. The largest absolute Gasteiger partial charge is 0.494 e. The quantitative estimate of drug-likeness (QED) is 0.614. The molecule has 0 aliphatic heterocycles. The molecule has 0 unspecified atom stereocenters. The number of rotatable bonds is 7. The molecule has 0 bridgehead atoms. The minimum Gasteiger partial charge on any atom is -0.494 e. The molecule has 132 valence electrons. The van der Waals surface area contributed by atoms with Crippen LogP contribution in [0, 0.1) is 17.2 Å². The number of hydrogen-bond acceptors (Lipinski definition) is 2. The Bertz CT molecular complexity index is 609. The first-order chi connectivity index (χ1) is 11.6. The number of methoxy groups -OCH3 is 1. The van der Waals surface area contributed by atoms with Crippen LogP contribution in [0.2, 0.25) is 0 Å². The van der Waals surface area contributed by atoms with Crippen LogP contribution < -0.4 is 10.1 Å². The van der Waals surface area contributed by atoms with E-state index in [0.717, 1.165) is 30.5 Å². The predicted octanol–water partition coefficient (Wildman–Crippen LogP) is 3.42. The topological polar surface area (TPSA) is 36.9 Å². The van der Waals surface area contributed by atoms with E-state index in [0.29, 0.717) is 12.0 Å². The van der Waals surface area contributed by atoms with E-state index in [9.17, 15) is 4.39 Å². The summed E-state index contributed by atoms with van der Waals surface area (Å²) in [5.41, 5.74) is 1.40. The number of nitrogens with zero attached hydrogens (tertiary/aromatic N) is 2. The van der Waals surface area contributed by atoms with Crippen LogP contribution >= 0.6 is 0 Å². The zero-order valence-corrected chi connectivity index (χ0v) is 14.9. The van der Waals surface area contributed by atoms with Crippen LogP contribution in [0.5, 0.6) is 5.75 Å². The lowest BCUT2D eigenvalue weighted by atomic mass is 10.0. The highest BCUT2D eigenvalue weighted by Crippen LogP contribution is 2.61. The summed E-state index contributed by atoms with van der Waals surface area (Å²) in [7, 11) is 3.48. The fourth-order valence-corrected chi connectivity index (χ4v) is 3.41. The monoisotopic (exact) mass is 333 g/mol. The average Bonchev–Trinajstić information content (AvgIpc) is 3.45. The molecule has 2 saturated carbocycles. The lowest BCUT2D eigenvalue weighted by molar-refractivity contribution is 0.385.